The molecule has 4 heterocycles. The molecule has 2 saturated heterocycles. The number of nitrogens with zero attached hydrogens (tertiary/aromatic N) is 2. The van der Waals surface area contributed by atoms with Gasteiger partial charge in [-0.05, 0) is 40.4 Å². The third kappa shape index (κ3) is 3.50. The molecule has 2 aliphatic heterocycles. The Kier molecular flexibility index (Phi) is 4.60. The molecule has 0 unspecified atom stereocenters. The van der Waals surface area contributed by atoms with Gasteiger partial charge in [-0.1, -0.05) is 0 Å². The van der Waals surface area contributed by atoms with Crippen LogP contribution < -0.4 is 5.32 Å². The molecule has 0 spiro atoms. The Morgan fingerprint density at radius 3 is 3.17 bits per heavy atom. The minimum Gasteiger partial charge on any atom is -0.376 e. The van der Waals surface area contributed by atoms with E-state index in [1.165, 1.54) is 5.56 Å². The third-order valence-electron chi connectivity index (χ3n) is 4.89. The smallest absolute Gasteiger partial charge is 0.224 e. The molecule has 2 fully saturated rings. The van der Waals surface area contributed by atoms with E-state index in [4.69, 9.17) is 4.74 Å². The number of ether oxygens (including phenoxy) is 1. The molecule has 2 aliphatic rings. The molecule has 1 amide bonds. The Morgan fingerprint density at radius 2 is 2.38 bits per heavy atom. The first-order valence-electron chi connectivity index (χ1n) is 8.33. The van der Waals surface area contributed by atoms with Crippen LogP contribution >= 0.6 is 11.3 Å². The number of thiophene rings is 1. The second kappa shape index (κ2) is 7.01. The van der Waals surface area contributed by atoms with E-state index in [9.17, 15) is 4.79 Å². The number of amides is 1. The Hall–Kier alpha value is -1.76. The van der Waals surface area contributed by atoms with E-state index in [0.717, 1.165) is 25.3 Å². The van der Waals surface area contributed by atoms with Crippen LogP contribution in [0.1, 0.15) is 12.0 Å². The molecule has 126 valence electrons. The van der Waals surface area contributed by atoms with Crippen LogP contribution in [0.15, 0.2) is 41.4 Å². The van der Waals surface area contributed by atoms with E-state index in [0.29, 0.717) is 24.9 Å². The molecule has 3 atom stereocenters. The van der Waals surface area contributed by atoms with Crippen molar-refractivity contribution in [1.29, 1.82) is 0 Å². The van der Waals surface area contributed by atoms with Crippen LogP contribution in [0.5, 0.6) is 0 Å². The summed E-state index contributed by atoms with van der Waals surface area (Å²) in [5.74, 6) is 0.816. The molecular formula is C18H21N3O2S. The van der Waals surface area contributed by atoms with Gasteiger partial charge in [0.05, 0.1) is 24.6 Å². The number of likely N-dealkylation sites (tertiary alicyclic amines) is 1. The monoisotopic (exact) mass is 343 g/mol. The Bertz CT molecular complexity index is 677. The first kappa shape index (κ1) is 15.7. The van der Waals surface area contributed by atoms with Crippen LogP contribution in [-0.2, 0) is 16.1 Å². The van der Waals surface area contributed by atoms with Gasteiger partial charge in [0, 0.05) is 38.2 Å². The molecule has 6 heteroatoms. The largest absolute Gasteiger partial charge is 0.376 e. The van der Waals surface area contributed by atoms with Crippen molar-refractivity contribution in [2.24, 2.45) is 11.8 Å². The van der Waals surface area contributed by atoms with Gasteiger partial charge in [-0.15, -0.1) is 0 Å². The molecule has 5 nitrogen and oxygen atoms in total. The van der Waals surface area contributed by atoms with Crippen molar-refractivity contribution in [1.82, 2.24) is 9.88 Å². The summed E-state index contributed by atoms with van der Waals surface area (Å²) in [5.41, 5.74) is 2.12. The topological polar surface area (TPSA) is 54.5 Å². The summed E-state index contributed by atoms with van der Waals surface area (Å²) < 4.78 is 5.96. The van der Waals surface area contributed by atoms with Crippen molar-refractivity contribution in [3.8, 4) is 0 Å². The van der Waals surface area contributed by atoms with Gasteiger partial charge in [-0.3, -0.25) is 14.7 Å². The average molecular weight is 343 g/mol. The normalized spacial score (nSPS) is 26.4. The predicted octanol–water partition coefficient (Wildman–Crippen LogP) is 2.62. The Morgan fingerprint density at radius 1 is 1.42 bits per heavy atom. The van der Waals surface area contributed by atoms with Crippen molar-refractivity contribution in [2.45, 2.75) is 19.1 Å². The van der Waals surface area contributed by atoms with Crippen LogP contribution in [0.3, 0.4) is 0 Å². The number of fused-ring (bicyclic) bond motifs is 1. The zero-order valence-corrected chi connectivity index (χ0v) is 14.2. The molecule has 2 aromatic heterocycles. The van der Waals surface area contributed by atoms with Crippen LogP contribution in [-0.4, -0.2) is 41.6 Å². The van der Waals surface area contributed by atoms with Gasteiger partial charge in [0.25, 0.3) is 0 Å². The molecule has 0 radical (unpaired) electrons. The van der Waals surface area contributed by atoms with E-state index in [2.05, 4.69) is 32.0 Å². The Labute approximate surface area is 145 Å². The molecule has 0 aliphatic carbocycles. The summed E-state index contributed by atoms with van der Waals surface area (Å²) in [6.07, 6.45) is 4.16. The molecule has 2 aromatic rings. The van der Waals surface area contributed by atoms with Crippen LogP contribution in [0, 0.1) is 11.8 Å². The number of carbonyl (C=O) groups is 1. The van der Waals surface area contributed by atoms with Gasteiger partial charge in [-0.25, -0.2) is 0 Å². The summed E-state index contributed by atoms with van der Waals surface area (Å²) in [6, 6.07) is 5.86. The lowest BCUT2D eigenvalue weighted by Gasteiger charge is -2.19. The fraction of sp³-hybridized carbons (Fsp3) is 0.444. The fourth-order valence-corrected chi connectivity index (χ4v) is 4.41. The lowest BCUT2D eigenvalue weighted by atomic mass is 9.90. The highest BCUT2D eigenvalue weighted by Gasteiger charge is 2.44. The summed E-state index contributed by atoms with van der Waals surface area (Å²) in [4.78, 5) is 18.8. The van der Waals surface area contributed by atoms with Gasteiger partial charge in [0.15, 0.2) is 0 Å². The number of nitrogens with one attached hydrogen (secondary N) is 1. The van der Waals surface area contributed by atoms with Gasteiger partial charge in [-0.2, -0.15) is 11.3 Å². The zero-order valence-electron chi connectivity index (χ0n) is 13.4. The third-order valence-corrected chi connectivity index (χ3v) is 5.63. The van der Waals surface area contributed by atoms with E-state index in [1.54, 1.807) is 23.7 Å². The van der Waals surface area contributed by atoms with E-state index >= 15 is 0 Å². The van der Waals surface area contributed by atoms with Crippen molar-refractivity contribution in [3.05, 3.63) is 46.9 Å². The number of hydrogen-bond acceptors (Lipinski definition) is 5. The fourth-order valence-electron chi connectivity index (χ4n) is 3.75. The number of carbonyl (C=O) groups excluding carboxylic acids is 1. The number of rotatable bonds is 5. The van der Waals surface area contributed by atoms with Gasteiger partial charge in [0.2, 0.25) is 5.91 Å². The van der Waals surface area contributed by atoms with Crippen molar-refractivity contribution < 1.29 is 9.53 Å². The van der Waals surface area contributed by atoms with Gasteiger partial charge >= 0.3 is 0 Å². The average Bonchev–Trinajstić information content (AvgIpc) is 3.28. The van der Waals surface area contributed by atoms with Crippen molar-refractivity contribution >= 4 is 22.9 Å². The van der Waals surface area contributed by atoms with Gasteiger partial charge < -0.3 is 10.1 Å². The number of anilines is 1. The highest BCUT2D eigenvalue weighted by molar-refractivity contribution is 7.07. The second-order valence-corrected chi connectivity index (χ2v) is 7.40. The lowest BCUT2D eigenvalue weighted by molar-refractivity contribution is -0.117. The van der Waals surface area contributed by atoms with Crippen LogP contribution in [0.2, 0.25) is 0 Å². The van der Waals surface area contributed by atoms with Crippen LogP contribution in [0.4, 0.5) is 5.69 Å². The summed E-state index contributed by atoms with van der Waals surface area (Å²) in [5, 5.41) is 7.25. The minimum atomic E-state index is 0.0496. The molecule has 24 heavy (non-hydrogen) atoms. The second-order valence-electron chi connectivity index (χ2n) is 6.62. The molecule has 1 N–H and O–H groups in total. The maximum atomic E-state index is 12.3. The Balaban J connectivity index is 1.31. The highest BCUT2D eigenvalue weighted by atomic mass is 32.1. The first-order chi connectivity index (χ1) is 11.8. The summed E-state index contributed by atoms with van der Waals surface area (Å²) >= 11 is 1.74. The van der Waals surface area contributed by atoms with E-state index < -0.39 is 0 Å². The van der Waals surface area contributed by atoms with Crippen molar-refractivity contribution in [2.75, 3.05) is 25.0 Å². The SMILES string of the molecule is O=C(C[C@@H]1CO[C@@H]2CN(Cc3ccsc3)C[C@H]12)Nc1cccnc1. The number of hydrogen-bond donors (Lipinski definition) is 1. The van der Waals surface area contributed by atoms with E-state index in [1.807, 2.05) is 12.1 Å². The van der Waals surface area contributed by atoms with Gasteiger partial charge in [0.1, 0.15) is 0 Å². The van der Waals surface area contributed by atoms with Crippen LogP contribution in [0.25, 0.3) is 0 Å². The van der Waals surface area contributed by atoms with E-state index in [-0.39, 0.29) is 12.0 Å². The number of aromatic nitrogens is 1. The molecule has 0 bridgehead atoms. The predicted molar refractivity (Wildman–Crippen MR) is 93.8 cm³/mol. The molecule has 4 rings (SSSR count). The maximum Gasteiger partial charge on any atom is 0.224 e. The van der Waals surface area contributed by atoms with Crippen molar-refractivity contribution in [3.63, 3.8) is 0 Å². The molecule has 0 saturated carbocycles. The standard InChI is InChI=1S/C18H21N3O2S/c22-18(20-15-2-1-4-19-7-15)6-14-11-23-17-10-21(9-16(14)17)8-13-3-5-24-12-13/h1-5,7,12,14,16-17H,6,8-11H2,(H,20,22)/t14-,16-,17-/m1/s1. The number of pyridine rings is 1. The quantitative estimate of drug-likeness (QED) is 0.907. The molecule has 0 aromatic carbocycles. The first-order valence-corrected chi connectivity index (χ1v) is 9.27. The lowest BCUT2D eigenvalue weighted by Crippen LogP contribution is -2.26. The zero-order chi connectivity index (χ0) is 16.4. The summed E-state index contributed by atoms with van der Waals surface area (Å²) in [7, 11) is 0. The minimum absolute atomic E-state index is 0.0496. The highest BCUT2D eigenvalue weighted by Crippen LogP contribution is 2.36. The molecular weight excluding hydrogens is 322 g/mol. The maximum absolute atomic E-state index is 12.3. The summed E-state index contributed by atoms with van der Waals surface area (Å²) in [6.45, 7) is 3.67.